The lowest BCUT2D eigenvalue weighted by Gasteiger charge is -2.15. The van der Waals surface area contributed by atoms with E-state index in [1.165, 1.54) is 12.4 Å². The molecular formula is C8H8BrF3N2O. The minimum absolute atomic E-state index is 0.410. The number of nitrogens with zero attached hydrogens (tertiary/aromatic N) is 1. The maximum Gasteiger partial charge on any atom is 0.416 e. The molecule has 0 bridgehead atoms. The molecule has 0 fully saturated rings. The fourth-order valence-electron chi connectivity index (χ4n) is 0.839. The maximum absolute atomic E-state index is 11.9. The van der Waals surface area contributed by atoms with Crippen molar-refractivity contribution >= 4 is 21.6 Å². The largest absolute Gasteiger partial charge is 0.416 e. The van der Waals surface area contributed by atoms with Crippen LogP contribution in [-0.2, 0) is 0 Å². The van der Waals surface area contributed by atoms with Crippen LogP contribution in [0.25, 0.3) is 0 Å². The van der Waals surface area contributed by atoms with Crippen molar-refractivity contribution in [3.8, 4) is 0 Å². The maximum atomic E-state index is 11.9. The number of anilines is 1. The van der Waals surface area contributed by atoms with E-state index in [-0.39, 0.29) is 0 Å². The van der Waals surface area contributed by atoms with E-state index in [0.29, 0.717) is 10.2 Å². The summed E-state index contributed by atoms with van der Waals surface area (Å²) in [6.07, 6.45) is -4.11. The predicted molar refractivity (Wildman–Crippen MR) is 52.5 cm³/mol. The van der Waals surface area contributed by atoms with Gasteiger partial charge in [-0.2, -0.15) is 13.2 Å². The van der Waals surface area contributed by atoms with Gasteiger partial charge in [0.2, 0.25) is 0 Å². The Morgan fingerprint density at radius 2 is 2.13 bits per heavy atom. The second-order valence-electron chi connectivity index (χ2n) is 2.83. The molecule has 0 aromatic carbocycles. The summed E-state index contributed by atoms with van der Waals surface area (Å²) in [5.41, 5.74) is 0.410. The van der Waals surface area contributed by atoms with Gasteiger partial charge in [-0.1, -0.05) is 0 Å². The zero-order valence-corrected chi connectivity index (χ0v) is 9.01. The van der Waals surface area contributed by atoms with E-state index in [9.17, 15) is 13.2 Å². The molecule has 0 aliphatic carbocycles. The number of halogens is 4. The third-order valence-electron chi connectivity index (χ3n) is 1.58. The van der Waals surface area contributed by atoms with Gasteiger partial charge in [0.05, 0.1) is 11.9 Å². The topological polar surface area (TPSA) is 45.1 Å². The number of aliphatic hydroxyl groups excluding tert-OH is 1. The number of nitrogens with one attached hydrogen (secondary N) is 1. The fourth-order valence-corrected chi connectivity index (χ4v) is 1.20. The van der Waals surface area contributed by atoms with Gasteiger partial charge >= 0.3 is 6.18 Å². The Hall–Kier alpha value is -0.820. The third-order valence-corrected chi connectivity index (χ3v) is 2.02. The monoisotopic (exact) mass is 284 g/mol. The first-order valence-electron chi connectivity index (χ1n) is 3.99. The number of rotatable bonds is 3. The Kier molecular flexibility index (Phi) is 3.92. The molecule has 0 aliphatic rings. The van der Waals surface area contributed by atoms with Crippen molar-refractivity contribution in [2.45, 2.75) is 12.3 Å². The van der Waals surface area contributed by atoms with Crippen LogP contribution in [0, 0.1) is 0 Å². The minimum Gasteiger partial charge on any atom is -0.382 e. The molecule has 1 heterocycles. The summed E-state index contributed by atoms with van der Waals surface area (Å²) in [5, 5.41) is 11.1. The second-order valence-corrected chi connectivity index (χ2v) is 3.75. The van der Waals surface area contributed by atoms with Crippen LogP contribution in [0.1, 0.15) is 0 Å². The number of aromatic nitrogens is 1. The van der Waals surface area contributed by atoms with Crippen LogP contribution in [0.3, 0.4) is 0 Å². The minimum atomic E-state index is -4.60. The van der Waals surface area contributed by atoms with E-state index < -0.39 is 18.8 Å². The standard InChI is InChI=1S/C8H8BrF3N2O/c9-5-1-6(3-13-2-5)14-4-7(15)8(10,11)12/h1-3,7,14-15H,4H2. The van der Waals surface area contributed by atoms with Gasteiger partial charge in [0.25, 0.3) is 0 Å². The SMILES string of the molecule is OC(CNc1cncc(Br)c1)C(F)(F)F. The molecule has 0 spiro atoms. The van der Waals surface area contributed by atoms with Crippen molar-refractivity contribution < 1.29 is 18.3 Å². The third kappa shape index (κ3) is 4.05. The van der Waals surface area contributed by atoms with Gasteiger partial charge in [-0.15, -0.1) is 0 Å². The molecule has 7 heteroatoms. The zero-order chi connectivity index (χ0) is 11.5. The highest BCUT2D eigenvalue weighted by atomic mass is 79.9. The highest BCUT2D eigenvalue weighted by molar-refractivity contribution is 9.10. The molecule has 3 nitrogen and oxygen atoms in total. The summed E-state index contributed by atoms with van der Waals surface area (Å²) >= 11 is 3.12. The highest BCUT2D eigenvalue weighted by Crippen LogP contribution is 2.20. The molecule has 1 aromatic heterocycles. The van der Waals surface area contributed by atoms with Crippen LogP contribution in [0.5, 0.6) is 0 Å². The van der Waals surface area contributed by atoms with Crippen LogP contribution in [0.4, 0.5) is 18.9 Å². The Morgan fingerprint density at radius 3 is 2.67 bits per heavy atom. The summed E-state index contributed by atoms with van der Waals surface area (Å²) in [6.45, 7) is -0.596. The number of hydrogen-bond donors (Lipinski definition) is 2. The smallest absolute Gasteiger partial charge is 0.382 e. The van der Waals surface area contributed by atoms with Crippen LogP contribution >= 0.6 is 15.9 Å². The zero-order valence-electron chi connectivity index (χ0n) is 7.42. The Labute approximate surface area is 92.5 Å². The van der Waals surface area contributed by atoms with E-state index in [4.69, 9.17) is 5.11 Å². The quantitative estimate of drug-likeness (QED) is 0.894. The average molecular weight is 285 g/mol. The van der Waals surface area contributed by atoms with Gasteiger partial charge in [-0.3, -0.25) is 4.98 Å². The van der Waals surface area contributed by atoms with Gasteiger partial charge < -0.3 is 10.4 Å². The van der Waals surface area contributed by atoms with Gasteiger partial charge in [0.1, 0.15) is 0 Å². The molecule has 84 valence electrons. The normalized spacial score (nSPS) is 13.7. The molecule has 15 heavy (non-hydrogen) atoms. The molecular weight excluding hydrogens is 277 g/mol. The lowest BCUT2D eigenvalue weighted by atomic mass is 10.3. The predicted octanol–water partition coefficient (Wildman–Crippen LogP) is 2.18. The lowest BCUT2D eigenvalue weighted by Crippen LogP contribution is -2.35. The molecule has 0 amide bonds. The summed E-state index contributed by atoms with van der Waals surface area (Å²) in [7, 11) is 0. The van der Waals surface area contributed by atoms with E-state index in [0.717, 1.165) is 0 Å². The van der Waals surface area contributed by atoms with Gasteiger partial charge in [0.15, 0.2) is 6.10 Å². The van der Waals surface area contributed by atoms with Crippen LogP contribution in [0.2, 0.25) is 0 Å². The van der Waals surface area contributed by atoms with Crippen molar-refractivity contribution in [2.24, 2.45) is 0 Å². The first-order chi connectivity index (χ1) is 6.89. The molecule has 1 rings (SSSR count). The molecule has 2 N–H and O–H groups in total. The first-order valence-corrected chi connectivity index (χ1v) is 4.78. The van der Waals surface area contributed by atoms with Crippen LogP contribution in [0.15, 0.2) is 22.9 Å². The number of aliphatic hydroxyl groups is 1. The molecule has 1 atom stereocenters. The Bertz CT molecular complexity index is 332. The van der Waals surface area contributed by atoms with Crippen molar-refractivity contribution in [3.05, 3.63) is 22.9 Å². The van der Waals surface area contributed by atoms with Crippen LogP contribution < -0.4 is 5.32 Å². The van der Waals surface area contributed by atoms with Crippen molar-refractivity contribution in [1.82, 2.24) is 4.98 Å². The molecule has 1 unspecified atom stereocenters. The van der Waals surface area contributed by atoms with Gasteiger partial charge in [-0.05, 0) is 22.0 Å². The summed E-state index contributed by atoms with van der Waals surface area (Å²) in [4.78, 5) is 3.75. The van der Waals surface area contributed by atoms with Crippen molar-refractivity contribution in [2.75, 3.05) is 11.9 Å². The molecule has 0 radical (unpaired) electrons. The lowest BCUT2D eigenvalue weighted by molar-refractivity contribution is -0.198. The van der Waals surface area contributed by atoms with E-state index >= 15 is 0 Å². The van der Waals surface area contributed by atoms with E-state index in [1.54, 1.807) is 6.07 Å². The second kappa shape index (κ2) is 4.80. The van der Waals surface area contributed by atoms with Gasteiger partial charge in [-0.25, -0.2) is 0 Å². The first kappa shape index (κ1) is 12.3. The highest BCUT2D eigenvalue weighted by Gasteiger charge is 2.37. The Morgan fingerprint density at radius 1 is 1.47 bits per heavy atom. The summed E-state index contributed by atoms with van der Waals surface area (Å²) < 4.78 is 36.4. The molecule has 0 aliphatic heterocycles. The fraction of sp³-hybridized carbons (Fsp3) is 0.375. The number of hydrogen-bond acceptors (Lipinski definition) is 3. The number of pyridine rings is 1. The molecule has 0 saturated carbocycles. The van der Waals surface area contributed by atoms with Gasteiger partial charge in [0, 0.05) is 17.2 Å². The van der Waals surface area contributed by atoms with E-state index in [1.807, 2.05) is 0 Å². The van der Waals surface area contributed by atoms with Crippen molar-refractivity contribution in [1.29, 1.82) is 0 Å². The van der Waals surface area contributed by atoms with Crippen molar-refractivity contribution in [3.63, 3.8) is 0 Å². The van der Waals surface area contributed by atoms with E-state index in [2.05, 4.69) is 26.2 Å². The van der Waals surface area contributed by atoms with Crippen LogP contribution in [-0.4, -0.2) is 28.9 Å². The Balaban J connectivity index is 2.51. The molecule has 1 aromatic rings. The molecule has 0 saturated heterocycles. The number of alkyl halides is 3. The average Bonchev–Trinajstić information content (AvgIpc) is 2.12. The summed E-state index contributed by atoms with van der Waals surface area (Å²) in [6, 6.07) is 1.57. The summed E-state index contributed by atoms with van der Waals surface area (Å²) in [5.74, 6) is 0.